The fourth-order valence-corrected chi connectivity index (χ4v) is 4.94. The second-order valence-electron chi connectivity index (χ2n) is 8.33. The van der Waals surface area contributed by atoms with E-state index < -0.39 is 5.54 Å². The maximum Gasteiger partial charge on any atom is 0.138 e. The van der Waals surface area contributed by atoms with Crippen LogP contribution in [0.3, 0.4) is 0 Å². The van der Waals surface area contributed by atoms with E-state index in [-0.39, 0.29) is 5.82 Å². The third-order valence-corrected chi connectivity index (χ3v) is 6.53. The molecule has 0 N–H and O–H groups in total. The fraction of sp³-hybridized carbons (Fsp3) is 0.167. The number of fused-ring (bicyclic) bond motifs is 1. The molecule has 164 valence electrons. The van der Waals surface area contributed by atoms with Crippen molar-refractivity contribution in [3.63, 3.8) is 0 Å². The molecule has 0 atom stereocenters. The molecule has 0 saturated carbocycles. The minimum atomic E-state index is -0.754. The quantitative estimate of drug-likeness (QED) is 0.260. The highest BCUT2D eigenvalue weighted by atomic mass is 19.1. The van der Waals surface area contributed by atoms with Gasteiger partial charge in [0.2, 0.25) is 0 Å². The molecule has 33 heavy (non-hydrogen) atoms. The van der Waals surface area contributed by atoms with Crippen LogP contribution < -0.4 is 0 Å². The second-order valence-corrected chi connectivity index (χ2v) is 8.33. The molecule has 0 saturated heterocycles. The Morgan fingerprint density at radius 2 is 1.18 bits per heavy atom. The van der Waals surface area contributed by atoms with Crippen LogP contribution in [0, 0.1) is 5.82 Å². The molecule has 1 heterocycles. The molecule has 4 aromatic carbocycles. The van der Waals surface area contributed by atoms with E-state index >= 15 is 4.39 Å². The maximum atomic E-state index is 15.2. The summed E-state index contributed by atoms with van der Waals surface area (Å²) in [4.78, 5) is 0. The van der Waals surface area contributed by atoms with Crippen molar-refractivity contribution in [1.82, 2.24) is 9.78 Å². The van der Waals surface area contributed by atoms with Crippen LogP contribution in [0.5, 0.6) is 0 Å². The van der Waals surface area contributed by atoms with Crippen molar-refractivity contribution < 1.29 is 4.39 Å². The fourth-order valence-electron chi connectivity index (χ4n) is 4.94. The molecule has 0 radical (unpaired) electrons. The predicted molar refractivity (Wildman–Crippen MR) is 133 cm³/mol. The Morgan fingerprint density at radius 3 is 1.61 bits per heavy atom. The monoisotopic (exact) mass is 434 g/mol. The molecule has 0 aliphatic heterocycles. The molecule has 5 rings (SSSR count). The summed E-state index contributed by atoms with van der Waals surface area (Å²) in [5, 5.41) is 6.19. The van der Waals surface area contributed by atoms with Gasteiger partial charge in [-0.05, 0) is 41.2 Å². The molecule has 2 nitrogen and oxygen atoms in total. The van der Waals surface area contributed by atoms with Gasteiger partial charge in [0.15, 0.2) is 0 Å². The van der Waals surface area contributed by atoms with Gasteiger partial charge in [-0.2, -0.15) is 5.10 Å². The zero-order chi connectivity index (χ0) is 22.8. The molecule has 1 aromatic heterocycles. The Bertz CT molecular complexity index is 1280. The highest BCUT2D eigenvalue weighted by Gasteiger charge is 2.40. The average Bonchev–Trinajstić information content (AvgIpc) is 3.23. The average molecular weight is 435 g/mol. The van der Waals surface area contributed by atoms with Crippen molar-refractivity contribution in [2.24, 2.45) is 0 Å². The molecule has 0 bridgehead atoms. The van der Waals surface area contributed by atoms with E-state index in [9.17, 15) is 0 Å². The normalized spacial score (nSPS) is 11.7. The largest absolute Gasteiger partial charge is 0.245 e. The Balaban J connectivity index is 1.98. The van der Waals surface area contributed by atoms with Gasteiger partial charge in [-0.1, -0.05) is 105 Å². The Kier molecular flexibility index (Phi) is 5.55. The van der Waals surface area contributed by atoms with E-state index in [1.54, 1.807) is 6.07 Å². The van der Waals surface area contributed by atoms with Crippen molar-refractivity contribution in [1.29, 1.82) is 0 Å². The zero-order valence-corrected chi connectivity index (χ0v) is 19.0. The van der Waals surface area contributed by atoms with Crippen LogP contribution in [0.15, 0.2) is 103 Å². The smallest absolute Gasteiger partial charge is 0.138 e. The first-order valence-electron chi connectivity index (χ1n) is 11.6. The summed E-state index contributed by atoms with van der Waals surface area (Å²) >= 11 is 0. The third-order valence-electron chi connectivity index (χ3n) is 6.53. The van der Waals surface area contributed by atoms with Crippen molar-refractivity contribution in [3.8, 4) is 0 Å². The molecule has 0 amide bonds. The summed E-state index contributed by atoms with van der Waals surface area (Å²) < 4.78 is 17.2. The van der Waals surface area contributed by atoms with Crippen molar-refractivity contribution in [3.05, 3.63) is 137 Å². The van der Waals surface area contributed by atoms with E-state index in [1.165, 1.54) is 0 Å². The van der Waals surface area contributed by atoms with Crippen molar-refractivity contribution >= 4 is 10.9 Å². The lowest BCUT2D eigenvalue weighted by molar-refractivity contribution is 0.470. The highest BCUT2D eigenvalue weighted by Crippen LogP contribution is 2.43. The van der Waals surface area contributed by atoms with E-state index in [4.69, 9.17) is 5.10 Å². The first-order chi connectivity index (χ1) is 16.2. The van der Waals surface area contributed by atoms with Gasteiger partial charge in [0.05, 0.1) is 11.2 Å². The molecule has 5 aromatic rings. The van der Waals surface area contributed by atoms with Gasteiger partial charge in [0, 0.05) is 11.5 Å². The molecular weight excluding hydrogens is 407 g/mol. The summed E-state index contributed by atoms with van der Waals surface area (Å²) in [6.45, 7) is 4.10. The highest BCUT2D eigenvalue weighted by molar-refractivity contribution is 5.84. The van der Waals surface area contributed by atoms with E-state index in [0.717, 1.165) is 45.3 Å². The predicted octanol–water partition coefficient (Wildman–Crippen LogP) is 7.14. The van der Waals surface area contributed by atoms with Crippen LogP contribution in [0.2, 0.25) is 0 Å². The number of aromatic nitrogens is 2. The summed E-state index contributed by atoms with van der Waals surface area (Å²) in [5.41, 5.74) is 4.99. The minimum Gasteiger partial charge on any atom is -0.245 e. The van der Waals surface area contributed by atoms with E-state index in [1.807, 2.05) is 35.9 Å². The van der Waals surface area contributed by atoms with Gasteiger partial charge in [-0.25, -0.2) is 9.07 Å². The van der Waals surface area contributed by atoms with E-state index in [0.29, 0.717) is 6.42 Å². The number of hydrogen-bond acceptors (Lipinski definition) is 1. The third kappa shape index (κ3) is 3.36. The Hall–Kier alpha value is -3.72. The van der Waals surface area contributed by atoms with Gasteiger partial charge in [0.25, 0.3) is 0 Å². The first-order valence-corrected chi connectivity index (χ1v) is 11.6. The van der Waals surface area contributed by atoms with Gasteiger partial charge >= 0.3 is 0 Å². The zero-order valence-electron chi connectivity index (χ0n) is 19.0. The van der Waals surface area contributed by atoms with E-state index in [2.05, 4.69) is 79.7 Å². The van der Waals surface area contributed by atoms with Gasteiger partial charge in [0.1, 0.15) is 11.4 Å². The lowest BCUT2D eigenvalue weighted by atomic mass is 9.77. The number of nitrogens with zero attached hydrogens (tertiary/aromatic N) is 2. The van der Waals surface area contributed by atoms with Crippen LogP contribution >= 0.6 is 0 Å². The molecule has 0 aliphatic rings. The second kappa shape index (κ2) is 8.67. The van der Waals surface area contributed by atoms with Crippen molar-refractivity contribution in [2.75, 3.05) is 0 Å². The van der Waals surface area contributed by atoms with Crippen LogP contribution in [0.25, 0.3) is 10.9 Å². The molecule has 0 aliphatic carbocycles. The molecular formula is C30H27FN2. The van der Waals surface area contributed by atoms with Gasteiger partial charge < -0.3 is 0 Å². The lowest BCUT2D eigenvalue weighted by Crippen LogP contribution is -2.38. The number of halogens is 1. The number of aryl methyl sites for hydroxylation is 2. The van der Waals surface area contributed by atoms with Crippen LogP contribution in [0.4, 0.5) is 4.39 Å². The van der Waals surface area contributed by atoms with Crippen LogP contribution in [-0.2, 0) is 18.4 Å². The van der Waals surface area contributed by atoms with Crippen LogP contribution in [-0.4, -0.2) is 9.78 Å². The van der Waals surface area contributed by atoms with Crippen molar-refractivity contribution in [2.45, 2.75) is 32.2 Å². The molecule has 0 spiro atoms. The van der Waals surface area contributed by atoms with Gasteiger partial charge in [-0.3, -0.25) is 0 Å². The topological polar surface area (TPSA) is 17.8 Å². The summed E-state index contributed by atoms with van der Waals surface area (Å²) in [6.07, 6.45) is 1.42. The Morgan fingerprint density at radius 1 is 0.697 bits per heavy atom. The number of hydrogen-bond donors (Lipinski definition) is 0. The Labute approximate surface area is 194 Å². The molecule has 0 fully saturated rings. The molecule has 3 heteroatoms. The summed E-state index contributed by atoms with van der Waals surface area (Å²) in [6, 6.07) is 34.9. The minimum absolute atomic E-state index is 0.183. The summed E-state index contributed by atoms with van der Waals surface area (Å²) in [5.74, 6) is -0.183. The standard InChI is InChI=1S/C30H27FN2/c1-3-22-20-26-28(4-2)32-33(29(26)21-27(22)31)30(23-14-8-5-9-15-23,24-16-10-6-11-17-24)25-18-12-7-13-19-25/h5-21H,3-4H2,1-2H3. The number of benzene rings is 4. The first kappa shape index (κ1) is 21.1. The summed E-state index contributed by atoms with van der Waals surface area (Å²) in [7, 11) is 0. The lowest BCUT2D eigenvalue weighted by Gasteiger charge is -2.37. The maximum absolute atomic E-state index is 15.2. The van der Waals surface area contributed by atoms with Gasteiger partial charge in [-0.15, -0.1) is 0 Å². The SMILES string of the molecule is CCc1cc2c(CC)nn(C(c3ccccc3)(c3ccccc3)c3ccccc3)c2cc1F. The number of rotatable bonds is 6. The molecule has 0 unspecified atom stereocenters. The van der Waals surface area contributed by atoms with Crippen LogP contribution in [0.1, 0.15) is 41.8 Å².